The summed E-state index contributed by atoms with van der Waals surface area (Å²) in [6.07, 6.45) is 0.381. The highest BCUT2D eigenvalue weighted by Gasteiger charge is 2.49. The second kappa shape index (κ2) is 3.17. The van der Waals surface area contributed by atoms with Gasteiger partial charge in [0.25, 0.3) is 0 Å². The zero-order valence-corrected chi connectivity index (χ0v) is 9.14. The predicted octanol–water partition coefficient (Wildman–Crippen LogP) is 1.79. The Morgan fingerprint density at radius 1 is 1.31 bits per heavy atom. The number of ketones is 1. The SMILES string of the molecule is CCN1C(=O)C[C@@H]2C(=O)c3ccccc3[C@@H]21. The topological polar surface area (TPSA) is 37.4 Å². The Morgan fingerprint density at radius 2 is 2.06 bits per heavy atom. The standard InChI is InChI=1S/C13H13NO2/c1-2-14-11(15)7-10-12(14)8-5-3-4-6-9(8)13(10)16/h3-6,10,12H,2,7H2,1H3/t10-,12-/m0/s1. The third-order valence-electron chi connectivity index (χ3n) is 3.65. The van der Waals surface area contributed by atoms with Crippen molar-refractivity contribution in [2.24, 2.45) is 5.92 Å². The molecule has 0 unspecified atom stereocenters. The molecule has 1 aliphatic carbocycles. The number of nitrogens with zero attached hydrogens (tertiary/aromatic N) is 1. The lowest BCUT2D eigenvalue weighted by molar-refractivity contribution is -0.128. The fourth-order valence-electron chi connectivity index (χ4n) is 2.96. The first-order chi connectivity index (χ1) is 7.74. The van der Waals surface area contributed by atoms with Gasteiger partial charge in [-0.05, 0) is 12.5 Å². The summed E-state index contributed by atoms with van der Waals surface area (Å²) in [6.45, 7) is 2.65. The molecule has 0 saturated carbocycles. The molecule has 1 heterocycles. The Balaban J connectivity index is 2.14. The molecule has 2 aliphatic rings. The van der Waals surface area contributed by atoms with Gasteiger partial charge in [-0.1, -0.05) is 24.3 Å². The van der Waals surface area contributed by atoms with Crippen LogP contribution in [0, 0.1) is 5.92 Å². The van der Waals surface area contributed by atoms with Crippen LogP contribution in [0.15, 0.2) is 24.3 Å². The molecular weight excluding hydrogens is 202 g/mol. The van der Waals surface area contributed by atoms with Crippen LogP contribution in [-0.2, 0) is 4.79 Å². The van der Waals surface area contributed by atoms with Gasteiger partial charge in [-0.3, -0.25) is 9.59 Å². The van der Waals surface area contributed by atoms with Crippen molar-refractivity contribution in [3.63, 3.8) is 0 Å². The second-order valence-corrected chi connectivity index (χ2v) is 4.39. The van der Waals surface area contributed by atoms with Crippen LogP contribution >= 0.6 is 0 Å². The largest absolute Gasteiger partial charge is 0.335 e. The normalized spacial score (nSPS) is 27.2. The number of fused-ring (bicyclic) bond motifs is 3. The van der Waals surface area contributed by atoms with Gasteiger partial charge in [0.05, 0.1) is 12.0 Å². The van der Waals surface area contributed by atoms with Crippen molar-refractivity contribution < 1.29 is 9.59 Å². The van der Waals surface area contributed by atoms with E-state index in [1.807, 2.05) is 36.1 Å². The van der Waals surface area contributed by atoms with Crippen LogP contribution in [-0.4, -0.2) is 23.1 Å². The van der Waals surface area contributed by atoms with Crippen LogP contribution in [0.2, 0.25) is 0 Å². The maximum absolute atomic E-state index is 12.1. The molecule has 1 fully saturated rings. The van der Waals surface area contributed by atoms with Crippen molar-refractivity contribution in [2.45, 2.75) is 19.4 Å². The summed E-state index contributed by atoms with van der Waals surface area (Å²) < 4.78 is 0. The number of hydrogen-bond acceptors (Lipinski definition) is 2. The zero-order chi connectivity index (χ0) is 11.3. The Labute approximate surface area is 94.1 Å². The Bertz CT molecular complexity index is 481. The molecule has 0 N–H and O–H groups in total. The highest BCUT2D eigenvalue weighted by molar-refractivity contribution is 6.06. The average Bonchev–Trinajstić information content (AvgIpc) is 2.76. The minimum Gasteiger partial charge on any atom is -0.335 e. The van der Waals surface area contributed by atoms with Gasteiger partial charge in [-0.2, -0.15) is 0 Å². The third kappa shape index (κ3) is 1.03. The van der Waals surface area contributed by atoms with Crippen LogP contribution in [0.25, 0.3) is 0 Å². The molecule has 0 radical (unpaired) electrons. The van der Waals surface area contributed by atoms with Gasteiger partial charge >= 0.3 is 0 Å². The monoisotopic (exact) mass is 215 g/mol. The Hall–Kier alpha value is -1.64. The zero-order valence-electron chi connectivity index (χ0n) is 9.14. The molecule has 0 aromatic heterocycles. The highest BCUT2D eigenvalue weighted by Crippen LogP contribution is 2.46. The van der Waals surface area contributed by atoms with E-state index in [4.69, 9.17) is 0 Å². The van der Waals surface area contributed by atoms with E-state index >= 15 is 0 Å². The first kappa shape index (κ1) is 9.58. The van der Waals surface area contributed by atoms with Crippen LogP contribution in [0.5, 0.6) is 0 Å². The van der Waals surface area contributed by atoms with E-state index in [1.165, 1.54) is 0 Å². The number of benzene rings is 1. The third-order valence-corrected chi connectivity index (χ3v) is 3.65. The van der Waals surface area contributed by atoms with Gasteiger partial charge in [0, 0.05) is 18.5 Å². The first-order valence-electron chi connectivity index (χ1n) is 5.66. The van der Waals surface area contributed by atoms with Crippen molar-refractivity contribution >= 4 is 11.7 Å². The Morgan fingerprint density at radius 3 is 2.81 bits per heavy atom. The Kier molecular flexibility index (Phi) is 1.90. The van der Waals surface area contributed by atoms with E-state index in [2.05, 4.69) is 0 Å². The van der Waals surface area contributed by atoms with Crippen molar-refractivity contribution in [3.05, 3.63) is 35.4 Å². The smallest absolute Gasteiger partial charge is 0.223 e. The lowest BCUT2D eigenvalue weighted by atomic mass is 10.0. The second-order valence-electron chi connectivity index (χ2n) is 4.39. The van der Waals surface area contributed by atoms with Gasteiger partial charge in [-0.25, -0.2) is 0 Å². The molecule has 1 saturated heterocycles. The van der Waals surface area contributed by atoms with E-state index in [1.54, 1.807) is 0 Å². The quantitative estimate of drug-likeness (QED) is 0.716. The molecule has 3 rings (SSSR count). The fourth-order valence-corrected chi connectivity index (χ4v) is 2.96. The molecule has 1 aromatic rings. The number of Topliss-reactive ketones (excluding diaryl/α,β-unsaturated/α-hetero) is 1. The van der Waals surface area contributed by atoms with Gasteiger partial charge in [-0.15, -0.1) is 0 Å². The predicted molar refractivity (Wildman–Crippen MR) is 59.0 cm³/mol. The molecule has 3 nitrogen and oxygen atoms in total. The van der Waals surface area contributed by atoms with E-state index in [-0.39, 0.29) is 23.7 Å². The van der Waals surface area contributed by atoms with Gasteiger partial charge in [0.1, 0.15) is 0 Å². The molecule has 16 heavy (non-hydrogen) atoms. The summed E-state index contributed by atoms with van der Waals surface area (Å²) in [5, 5.41) is 0. The lowest BCUT2D eigenvalue weighted by Gasteiger charge is -2.22. The van der Waals surface area contributed by atoms with Crippen molar-refractivity contribution in [1.29, 1.82) is 0 Å². The number of hydrogen-bond donors (Lipinski definition) is 0. The summed E-state index contributed by atoms with van der Waals surface area (Å²) in [5.74, 6) is 0.120. The van der Waals surface area contributed by atoms with Gasteiger partial charge in [0.2, 0.25) is 5.91 Å². The molecule has 3 heteroatoms. The van der Waals surface area contributed by atoms with Crippen LogP contribution in [0.3, 0.4) is 0 Å². The summed E-state index contributed by atoms with van der Waals surface area (Å²) in [6, 6.07) is 7.66. The van der Waals surface area contributed by atoms with E-state index in [9.17, 15) is 9.59 Å². The van der Waals surface area contributed by atoms with Crippen molar-refractivity contribution in [3.8, 4) is 0 Å². The van der Waals surface area contributed by atoms with Crippen molar-refractivity contribution in [1.82, 2.24) is 4.90 Å². The minimum atomic E-state index is -0.134. The molecule has 2 atom stereocenters. The highest BCUT2D eigenvalue weighted by atomic mass is 16.2. The molecule has 0 spiro atoms. The van der Waals surface area contributed by atoms with Crippen LogP contribution < -0.4 is 0 Å². The lowest BCUT2D eigenvalue weighted by Crippen LogP contribution is -2.27. The molecule has 1 aliphatic heterocycles. The number of amides is 1. The van der Waals surface area contributed by atoms with Crippen LogP contribution in [0.4, 0.5) is 0 Å². The number of carbonyl (C=O) groups excluding carboxylic acids is 2. The molecular formula is C13H13NO2. The van der Waals surface area contributed by atoms with Gasteiger partial charge < -0.3 is 4.90 Å². The summed E-state index contributed by atoms with van der Waals surface area (Å²) in [4.78, 5) is 25.7. The average molecular weight is 215 g/mol. The fraction of sp³-hybridized carbons (Fsp3) is 0.385. The summed E-state index contributed by atoms with van der Waals surface area (Å²) in [7, 11) is 0. The first-order valence-corrected chi connectivity index (χ1v) is 5.66. The molecule has 82 valence electrons. The molecule has 1 aromatic carbocycles. The summed E-state index contributed by atoms with van der Waals surface area (Å²) >= 11 is 0. The maximum Gasteiger partial charge on any atom is 0.223 e. The van der Waals surface area contributed by atoms with Crippen LogP contribution in [0.1, 0.15) is 35.3 Å². The van der Waals surface area contributed by atoms with E-state index in [0.717, 1.165) is 11.1 Å². The number of rotatable bonds is 1. The van der Waals surface area contributed by atoms with Gasteiger partial charge in [0.15, 0.2) is 5.78 Å². The molecule has 0 bridgehead atoms. The maximum atomic E-state index is 12.1. The summed E-state index contributed by atoms with van der Waals surface area (Å²) in [5.41, 5.74) is 1.84. The minimum absolute atomic E-state index is 0.00111. The molecule has 1 amide bonds. The number of likely N-dealkylation sites (tertiary alicyclic amines) is 1. The van der Waals surface area contributed by atoms with E-state index < -0.39 is 0 Å². The van der Waals surface area contributed by atoms with E-state index in [0.29, 0.717) is 13.0 Å². The number of carbonyl (C=O) groups is 2. The van der Waals surface area contributed by atoms with Crippen molar-refractivity contribution in [2.75, 3.05) is 6.54 Å².